The normalized spacial score (nSPS) is 18.2. The number of rotatable bonds is 4. The molecule has 0 saturated carbocycles. The number of anilines is 1. The van der Waals surface area contributed by atoms with Crippen molar-refractivity contribution in [1.29, 1.82) is 0 Å². The van der Waals surface area contributed by atoms with E-state index in [4.69, 9.17) is 16.7 Å². The van der Waals surface area contributed by atoms with E-state index in [1.807, 2.05) is 11.0 Å². The molecule has 0 spiro atoms. The second-order valence-electron chi connectivity index (χ2n) is 4.81. The Morgan fingerprint density at radius 3 is 2.90 bits per heavy atom. The molecular formula is C15H17ClN2O3. The summed E-state index contributed by atoms with van der Waals surface area (Å²) in [6.07, 6.45) is 4.20. The topological polar surface area (TPSA) is 69.6 Å². The first-order chi connectivity index (χ1) is 10.0. The highest BCUT2D eigenvalue weighted by atomic mass is 35.5. The summed E-state index contributed by atoms with van der Waals surface area (Å²) in [5.74, 6) is -1.08. The molecule has 2 rings (SSSR count). The Hall–Kier alpha value is -2.01. The molecule has 21 heavy (non-hydrogen) atoms. The van der Waals surface area contributed by atoms with Crippen LogP contribution in [0, 0.1) is 0 Å². The molecule has 112 valence electrons. The number of benzene rings is 1. The zero-order valence-corrected chi connectivity index (χ0v) is 12.4. The SMILES string of the molecule is CNC(=O)C1CCCN1c1cccc(Cl)c1C=CC(=O)O. The standard InChI is InChI=1S/C15H17ClN2O3/c1-17-15(21)13-6-3-9-18(13)12-5-2-4-11(16)10(12)7-8-14(19)20/h2,4-5,7-8,13H,3,6,9H2,1H3,(H,17,21)(H,19,20). The number of carbonyl (C=O) groups excluding carboxylic acids is 1. The van der Waals surface area contributed by atoms with E-state index >= 15 is 0 Å². The van der Waals surface area contributed by atoms with Gasteiger partial charge in [0, 0.05) is 35.9 Å². The summed E-state index contributed by atoms with van der Waals surface area (Å²) in [7, 11) is 1.61. The predicted molar refractivity (Wildman–Crippen MR) is 82.6 cm³/mol. The third-order valence-electron chi connectivity index (χ3n) is 3.53. The predicted octanol–water partition coefficient (Wildman–Crippen LogP) is 2.15. The summed E-state index contributed by atoms with van der Waals surface area (Å²) in [6.45, 7) is 0.742. The molecule has 1 amide bonds. The van der Waals surface area contributed by atoms with Crippen LogP contribution in [0.25, 0.3) is 6.08 Å². The quantitative estimate of drug-likeness (QED) is 0.836. The van der Waals surface area contributed by atoms with Gasteiger partial charge in [-0.05, 0) is 31.1 Å². The number of hydrogen-bond donors (Lipinski definition) is 2. The van der Waals surface area contributed by atoms with Crippen molar-refractivity contribution < 1.29 is 14.7 Å². The van der Waals surface area contributed by atoms with Crippen molar-refractivity contribution in [3.63, 3.8) is 0 Å². The van der Waals surface area contributed by atoms with Crippen LogP contribution >= 0.6 is 11.6 Å². The average molecular weight is 309 g/mol. The smallest absolute Gasteiger partial charge is 0.328 e. The molecule has 0 aromatic heterocycles. The van der Waals surface area contributed by atoms with E-state index in [1.165, 1.54) is 6.08 Å². The van der Waals surface area contributed by atoms with Crippen LogP contribution in [0.15, 0.2) is 24.3 Å². The van der Waals surface area contributed by atoms with Gasteiger partial charge in [-0.3, -0.25) is 4.79 Å². The van der Waals surface area contributed by atoms with Crippen molar-refractivity contribution in [2.75, 3.05) is 18.5 Å². The Labute approximate surface area is 128 Å². The first kappa shape index (κ1) is 15.4. The van der Waals surface area contributed by atoms with Gasteiger partial charge in [0.1, 0.15) is 6.04 Å². The molecule has 2 N–H and O–H groups in total. The highest BCUT2D eigenvalue weighted by Crippen LogP contribution is 2.33. The summed E-state index contributed by atoms with van der Waals surface area (Å²) in [5, 5.41) is 11.9. The first-order valence-corrected chi connectivity index (χ1v) is 7.10. The molecule has 1 aromatic rings. The van der Waals surface area contributed by atoms with Gasteiger partial charge in [-0.25, -0.2) is 4.79 Å². The zero-order valence-electron chi connectivity index (χ0n) is 11.7. The van der Waals surface area contributed by atoms with Crippen LogP contribution < -0.4 is 10.2 Å². The molecule has 0 aliphatic carbocycles. The molecule has 1 aromatic carbocycles. The molecule has 1 unspecified atom stereocenters. The van der Waals surface area contributed by atoms with Crippen LogP contribution in [0.1, 0.15) is 18.4 Å². The molecule has 1 atom stereocenters. The van der Waals surface area contributed by atoms with E-state index in [1.54, 1.807) is 19.2 Å². The highest BCUT2D eigenvalue weighted by Gasteiger charge is 2.31. The van der Waals surface area contributed by atoms with Gasteiger partial charge < -0.3 is 15.3 Å². The summed E-state index contributed by atoms with van der Waals surface area (Å²) in [5.41, 5.74) is 1.41. The number of nitrogens with one attached hydrogen (secondary N) is 1. The summed E-state index contributed by atoms with van der Waals surface area (Å²) >= 11 is 6.18. The van der Waals surface area contributed by atoms with Crippen molar-refractivity contribution in [3.8, 4) is 0 Å². The number of carboxylic acids is 1. The Morgan fingerprint density at radius 2 is 2.24 bits per heavy atom. The monoisotopic (exact) mass is 308 g/mol. The maximum Gasteiger partial charge on any atom is 0.328 e. The first-order valence-electron chi connectivity index (χ1n) is 6.72. The van der Waals surface area contributed by atoms with Crippen molar-refractivity contribution in [2.24, 2.45) is 0 Å². The van der Waals surface area contributed by atoms with E-state index in [2.05, 4.69) is 5.32 Å². The van der Waals surface area contributed by atoms with Gasteiger partial charge in [0.15, 0.2) is 0 Å². The number of halogens is 1. The molecule has 0 bridgehead atoms. The zero-order chi connectivity index (χ0) is 15.4. The molecule has 5 nitrogen and oxygen atoms in total. The largest absolute Gasteiger partial charge is 0.478 e. The third kappa shape index (κ3) is 3.36. The van der Waals surface area contributed by atoms with Gasteiger partial charge in [-0.1, -0.05) is 17.7 Å². The number of nitrogens with zero attached hydrogens (tertiary/aromatic N) is 1. The van der Waals surface area contributed by atoms with Crippen LogP contribution in [-0.4, -0.2) is 36.6 Å². The van der Waals surface area contributed by atoms with Gasteiger partial charge in [-0.2, -0.15) is 0 Å². The fourth-order valence-electron chi connectivity index (χ4n) is 2.59. The van der Waals surface area contributed by atoms with Gasteiger partial charge >= 0.3 is 5.97 Å². The fraction of sp³-hybridized carbons (Fsp3) is 0.333. The number of carbonyl (C=O) groups is 2. The van der Waals surface area contributed by atoms with Crippen molar-refractivity contribution in [1.82, 2.24) is 5.32 Å². The van der Waals surface area contributed by atoms with Crippen LogP contribution in [0.5, 0.6) is 0 Å². The maximum atomic E-state index is 12.0. The minimum Gasteiger partial charge on any atom is -0.478 e. The second-order valence-corrected chi connectivity index (χ2v) is 5.22. The van der Waals surface area contributed by atoms with E-state index in [-0.39, 0.29) is 11.9 Å². The molecule has 1 heterocycles. The van der Waals surface area contributed by atoms with Crippen molar-refractivity contribution >= 4 is 35.2 Å². The van der Waals surface area contributed by atoms with Gasteiger partial charge in [0.25, 0.3) is 0 Å². The number of amides is 1. The highest BCUT2D eigenvalue weighted by molar-refractivity contribution is 6.32. The van der Waals surface area contributed by atoms with Gasteiger partial charge in [0.05, 0.1) is 0 Å². The lowest BCUT2D eigenvalue weighted by molar-refractivity contribution is -0.131. The number of likely N-dealkylation sites (N-methyl/N-ethyl adjacent to an activating group) is 1. The lowest BCUT2D eigenvalue weighted by Crippen LogP contribution is -2.42. The fourth-order valence-corrected chi connectivity index (χ4v) is 2.82. The second kappa shape index (κ2) is 6.63. The van der Waals surface area contributed by atoms with E-state index < -0.39 is 5.97 Å². The maximum absolute atomic E-state index is 12.0. The average Bonchev–Trinajstić information content (AvgIpc) is 2.94. The third-order valence-corrected chi connectivity index (χ3v) is 3.86. The Morgan fingerprint density at radius 1 is 1.48 bits per heavy atom. The molecule has 6 heteroatoms. The lowest BCUT2D eigenvalue weighted by atomic mass is 10.1. The van der Waals surface area contributed by atoms with Crippen LogP contribution in [0.2, 0.25) is 5.02 Å². The summed E-state index contributed by atoms with van der Waals surface area (Å²) < 4.78 is 0. The van der Waals surface area contributed by atoms with E-state index in [9.17, 15) is 9.59 Å². The number of hydrogen-bond acceptors (Lipinski definition) is 3. The molecule has 1 saturated heterocycles. The van der Waals surface area contributed by atoms with Gasteiger partial charge in [0.2, 0.25) is 5.91 Å². The van der Waals surface area contributed by atoms with E-state index in [0.717, 1.165) is 31.1 Å². The number of aliphatic carboxylic acids is 1. The van der Waals surface area contributed by atoms with Crippen LogP contribution in [0.3, 0.4) is 0 Å². The summed E-state index contributed by atoms with van der Waals surface area (Å²) in [4.78, 5) is 24.7. The minimum absolute atomic E-state index is 0.0411. The molecule has 1 fully saturated rings. The summed E-state index contributed by atoms with van der Waals surface area (Å²) in [6, 6.07) is 5.12. The van der Waals surface area contributed by atoms with Crippen molar-refractivity contribution in [2.45, 2.75) is 18.9 Å². The Bertz CT molecular complexity index is 586. The molecule has 1 aliphatic rings. The van der Waals surface area contributed by atoms with Crippen LogP contribution in [-0.2, 0) is 9.59 Å². The van der Waals surface area contributed by atoms with E-state index in [0.29, 0.717) is 10.6 Å². The molecular weight excluding hydrogens is 292 g/mol. The number of carboxylic acid groups (broad SMARTS) is 1. The van der Waals surface area contributed by atoms with Crippen molar-refractivity contribution in [3.05, 3.63) is 34.9 Å². The minimum atomic E-state index is -1.04. The molecule has 1 aliphatic heterocycles. The Balaban J connectivity index is 2.41. The Kier molecular flexibility index (Phi) is 4.85. The van der Waals surface area contributed by atoms with Gasteiger partial charge in [-0.15, -0.1) is 0 Å². The van der Waals surface area contributed by atoms with Crippen LogP contribution in [0.4, 0.5) is 5.69 Å². The lowest BCUT2D eigenvalue weighted by Gasteiger charge is -2.27. The molecule has 0 radical (unpaired) electrons.